The lowest BCUT2D eigenvalue weighted by molar-refractivity contribution is -0.138. The highest BCUT2D eigenvalue weighted by Crippen LogP contribution is 2.34. The van der Waals surface area contributed by atoms with Gasteiger partial charge < -0.3 is 5.11 Å². The molecule has 0 amide bonds. The Morgan fingerprint density at radius 1 is 1.62 bits per heavy atom. The normalized spacial score (nSPS) is 24.6. The van der Waals surface area contributed by atoms with E-state index in [0.29, 0.717) is 10.2 Å². The summed E-state index contributed by atoms with van der Waals surface area (Å²) >= 11 is 4.62. The molecule has 16 heavy (non-hydrogen) atoms. The molecule has 1 aromatic rings. The molecule has 1 heterocycles. The first-order valence-electron chi connectivity index (χ1n) is 4.63. The van der Waals surface area contributed by atoms with E-state index >= 15 is 0 Å². The first-order valence-corrected chi connectivity index (χ1v) is 6.47. The van der Waals surface area contributed by atoms with E-state index in [1.807, 2.05) is 0 Å². The van der Waals surface area contributed by atoms with Crippen molar-refractivity contribution in [2.75, 3.05) is 5.75 Å². The van der Waals surface area contributed by atoms with E-state index in [2.05, 4.69) is 21.2 Å². The molecule has 0 saturated carbocycles. The maximum atomic E-state index is 13.0. The molecule has 0 aliphatic carbocycles. The van der Waals surface area contributed by atoms with Gasteiger partial charge in [-0.2, -0.15) is 0 Å². The molecular formula is C10H9BrFNO2S. The fraction of sp³-hybridized carbons (Fsp3) is 0.300. The van der Waals surface area contributed by atoms with E-state index in [1.165, 1.54) is 17.8 Å². The fourth-order valence-electron chi connectivity index (χ4n) is 1.48. The number of carbonyl (C=O) groups is 1. The molecule has 1 unspecified atom stereocenters. The number of halogens is 2. The van der Waals surface area contributed by atoms with Crippen LogP contribution >= 0.6 is 27.7 Å². The van der Waals surface area contributed by atoms with Crippen LogP contribution in [0.15, 0.2) is 22.7 Å². The molecule has 2 N–H and O–H groups in total. The van der Waals surface area contributed by atoms with Crippen molar-refractivity contribution >= 4 is 33.7 Å². The van der Waals surface area contributed by atoms with Gasteiger partial charge in [0.25, 0.3) is 0 Å². The lowest BCUT2D eigenvalue weighted by Crippen LogP contribution is -2.33. The number of nitrogens with one attached hydrogen (secondary N) is 1. The summed E-state index contributed by atoms with van der Waals surface area (Å²) in [6, 6.07) is 4.17. The van der Waals surface area contributed by atoms with Crippen molar-refractivity contribution in [3.05, 3.63) is 34.1 Å². The van der Waals surface area contributed by atoms with Gasteiger partial charge in [-0.3, -0.25) is 10.1 Å². The highest BCUT2D eigenvalue weighted by Gasteiger charge is 2.30. The molecule has 1 aliphatic heterocycles. The Kier molecular flexibility index (Phi) is 3.51. The number of thioether (sulfide) groups is 1. The van der Waals surface area contributed by atoms with Gasteiger partial charge in [-0.15, -0.1) is 11.8 Å². The zero-order valence-corrected chi connectivity index (χ0v) is 10.5. The van der Waals surface area contributed by atoms with Gasteiger partial charge in [0.1, 0.15) is 11.9 Å². The largest absolute Gasteiger partial charge is 0.480 e. The van der Waals surface area contributed by atoms with Crippen LogP contribution < -0.4 is 5.32 Å². The molecular weight excluding hydrogens is 297 g/mol. The van der Waals surface area contributed by atoms with Crippen molar-refractivity contribution in [3.8, 4) is 0 Å². The predicted molar refractivity (Wildman–Crippen MR) is 63.9 cm³/mol. The minimum Gasteiger partial charge on any atom is -0.480 e. The Morgan fingerprint density at radius 2 is 2.38 bits per heavy atom. The maximum absolute atomic E-state index is 13.0. The molecule has 1 saturated heterocycles. The minimum atomic E-state index is -0.851. The molecule has 0 bridgehead atoms. The summed E-state index contributed by atoms with van der Waals surface area (Å²) < 4.78 is 13.4. The summed E-state index contributed by atoms with van der Waals surface area (Å²) in [4.78, 5) is 10.8. The SMILES string of the molecule is O=C(O)[C@H]1CSC(c2ccc(F)c(Br)c2)N1. The third-order valence-electron chi connectivity index (χ3n) is 2.33. The molecule has 86 valence electrons. The van der Waals surface area contributed by atoms with Gasteiger partial charge in [-0.05, 0) is 33.6 Å². The van der Waals surface area contributed by atoms with Crippen LogP contribution in [0.1, 0.15) is 10.9 Å². The molecule has 2 rings (SSSR count). The highest BCUT2D eigenvalue weighted by atomic mass is 79.9. The van der Waals surface area contributed by atoms with Gasteiger partial charge in [-0.25, -0.2) is 4.39 Å². The molecule has 1 fully saturated rings. The smallest absolute Gasteiger partial charge is 0.321 e. The van der Waals surface area contributed by atoms with Gasteiger partial charge in [0.15, 0.2) is 0 Å². The van der Waals surface area contributed by atoms with Crippen molar-refractivity contribution < 1.29 is 14.3 Å². The van der Waals surface area contributed by atoms with Crippen LogP contribution in [0.4, 0.5) is 4.39 Å². The summed E-state index contributed by atoms with van der Waals surface area (Å²) in [5.41, 5.74) is 0.877. The van der Waals surface area contributed by atoms with Crippen LogP contribution in [-0.4, -0.2) is 22.9 Å². The van der Waals surface area contributed by atoms with Crippen LogP contribution in [0.5, 0.6) is 0 Å². The number of aliphatic carboxylic acids is 1. The van der Waals surface area contributed by atoms with E-state index < -0.39 is 12.0 Å². The fourth-order valence-corrected chi connectivity index (χ4v) is 3.10. The third-order valence-corrected chi connectivity index (χ3v) is 4.20. The number of hydrogen-bond donors (Lipinski definition) is 2. The standard InChI is InChI=1S/C10H9BrFNO2S/c11-6-3-5(1-2-7(6)12)9-13-8(4-16-9)10(14)15/h1-3,8-9,13H,4H2,(H,14,15)/t8-,9?/m1/s1. The van der Waals surface area contributed by atoms with Crippen molar-refractivity contribution in [1.82, 2.24) is 5.32 Å². The van der Waals surface area contributed by atoms with Crippen LogP contribution in [0.3, 0.4) is 0 Å². The Labute approximate surface area is 105 Å². The van der Waals surface area contributed by atoms with Crippen LogP contribution in [0, 0.1) is 5.82 Å². The van der Waals surface area contributed by atoms with Crippen molar-refractivity contribution in [2.45, 2.75) is 11.4 Å². The Bertz CT molecular complexity index is 429. The molecule has 0 aromatic heterocycles. The Morgan fingerprint density at radius 3 is 2.94 bits per heavy atom. The molecule has 1 aliphatic rings. The van der Waals surface area contributed by atoms with E-state index in [9.17, 15) is 9.18 Å². The van der Waals surface area contributed by atoms with Crippen molar-refractivity contribution in [1.29, 1.82) is 0 Å². The molecule has 6 heteroatoms. The summed E-state index contributed by atoms with van der Waals surface area (Å²) in [7, 11) is 0. The van der Waals surface area contributed by atoms with Gasteiger partial charge in [0, 0.05) is 5.75 Å². The quantitative estimate of drug-likeness (QED) is 0.881. The number of carboxylic acids is 1. The Hall–Kier alpha value is -0.590. The first kappa shape index (κ1) is 11.9. The van der Waals surface area contributed by atoms with Crippen molar-refractivity contribution in [2.24, 2.45) is 0 Å². The third kappa shape index (κ3) is 2.39. The summed E-state index contributed by atoms with van der Waals surface area (Å²) in [6.07, 6.45) is 0. The molecule has 0 radical (unpaired) electrons. The number of hydrogen-bond acceptors (Lipinski definition) is 3. The monoisotopic (exact) mass is 305 g/mol. The highest BCUT2D eigenvalue weighted by molar-refractivity contribution is 9.10. The molecule has 3 nitrogen and oxygen atoms in total. The zero-order valence-electron chi connectivity index (χ0n) is 8.11. The first-order chi connectivity index (χ1) is 7.58. The van der Waals surface area contributed by atoms with Gasteiger partial charge in [0.05, 0.1) is 9.85 Å². The van der Waals surface area contributed by atoms with Crippen LogP contribution in [0.25, 0.3) is 0 Å². The van der Waals surface area contributed by atoms with E-state index in [4.69, 9.17) is 5.11 Å². The maximum Gasteiger partial charge on any atom is 0.321 e. The van der Waals surface area contributed by atoms with Gasteiger partial charge >= 0.3 is 5.97 Å². The summed E-state index contributed by atoms with van der Waals surface area (Å²) in [5, 5.41) is 11.7. The minimum absolute atomic E-state index is 0.0852. The molecule has 0 spiro atoms. The number of rotatable bonds is 2. The summed E-state index contributed by atoms with van der Waals surface area (Å²) in [5.74, 6) is -0.646. The van der Waals surface area contributed by atoms with Gasteiger partial charge in [-0.1, -0.05) is 6.07 Å². The average molecular weight is 306 g/mol. The second kappa shape index (κ2) is 4.73. The average Bonchev–Trinajstić information content (AvgIpc) is 2.71. The number of carboxylic acid groups (broad SMARTS) is 1. The lowest BCUT2D eigenvalue weighted by atomic mass is 10.2. The van der Waals surface area contributed by atoms with E-state index in [0.717, 1.165) is 5.56 Å². The Balaban J connectivity index is 2.14. The van der Waals surface area contributed by atoms with E-state index in [-0.39, 0.29) is 11.2 Å². The zero-order chi connectivity index (χ0) is 11.7. The lowest BCUT2D eigenvalue weighted by Gasteiger charge is -2.11. The molecule has 1 aromatic carbocycles. The van der Waals surface area contributed by atoms with Gasteiger partial charge in [0.2, 0.25) is 0 Å². The van der Waals surface area contributed by atoms with E-state index in [1.54, 1.807) is 12.1 Å². The van der Waals surface area contributed by atoms with Crippen LogP contribution in [-0.2, 0) is 4.79 Å². The second-order valence-corrected chi connectivity index (χ2v) is 5.44. The molecule has 2 atom stereocenters. The number of benzene rings is 1. The van der Waals surface area contributed by atoms with Crippen LogP contribution in [0.2, 0.25) is 0 Å². The summed E-state index contributed by atoms with van der Waals surface area (Å²) in [6.45, 7) is 0. The second-order valence-electron chi connectivity index (χ2n) is 3.44. The predicted octanol–water partition coefficient (Wildman–Crippen LogP) is 2.38. The van der Waals surface area contributed by atoms with Crippen molar-refractivity contribution in [3.63, 3.8) is 0 Å². The topological polar surface area (TPSA) is 49.3 Å².